The zero-order chi connectivity index (χ0) is 14.0. The maximum Gasteiger partial charge on any atom is 0.252 e. The molecule has 0 spiro atoms. The van der Waals surface area contributed by atoms with Crippen LogP contribution in [0.25, 0.3) is 0 Å². The lowest BCUT2D eigenvalue weighted by Gasteiger charge is -2.10. The van der Waals surface area contributed by atoms with Crippen molar-refractivity contribution >= 4 is 11.6 Å². The molecule has 0 fully saturated rings. The first-order chi connectivity index (χ1) is 8.97. The number of halogens is 1. The lowest BCUT2D eigenvalue weighted by molar-refractivity contribution is 0.0998. The monoisotopic (exact) mass is 260 g/mol. The number of rotatable bonds is 3. The fourth-order valence-corrected chi connectivity index (χ4v) is 1.59. The lowest BCUT2D eigenvalue weighted by atomic mass is 10.1. The van der Waals surface area contributed by atoms with Gasteiger partial charge in [-0.1, -0.05) is 6.07 Å². The van der Waals surface area contributed by atoms with Gasteiger partial charge in [0.05, 0.1) is 5.56 Å². The van der Waals surface area contributed by atoms with Gasteiger partial charge in [-0.05, 0) is 36.8 Å². The molecule has 0 aliphatic carbocycles. The molecule has 0 bridgehead atoms. The second-order valence-electron chi connectivity index (χ2n) is 4.13. The van der Waals surface area contributed by atoms with Crippen LogP contribution in [0.5, 0.6) is 11.5 Å². The third kappa shape index (κ3) is 2.82. The summed E-state index contributed by atoms with van der Waals surface area (Å²) < 4.78 is 18.9. The lowest BCUT2D eigenvalue weighted by Crippen LogP contribution is -2.12. The second-order valence-corrected chi connectivity index (χ2v) is 4.13. The van der Waals surface area contributed by atoms with Crippen molar-refractivity contribution in [2.75, 3.05) is 5.73 Å². The van der Waals surface area contributed by atoms with Crippen molar-refractivity contribution in [2.45, 2.75) is 6.92 Å². The number of anilines is 1. The Morgan fingerprint density at radius 3 is 2.58 bits per heavy atom. The molecule has 0 unspecified atom stereocenters. The summed E-state index contributed by atoms with van der Waals surface area (Å²) in [7, 11) is 0. The summed E-state index contributed by atoms with van der Waals surface area (Å²) in [5.41, 5.74) is 11.9. The van der Waals surface area contributed by atoms with Crippen LogP contribution in [0, 0.1) is 12.7 Å². The van der Waals surface area contributed by atoms with E-state index in [1.807, 2.05) is 0 Å². The molecule has 2 aromatic rings. The number of aryl methyl sites for hydroxylation is 1. The first-order valence-electron chi connectivity index (χ1n) is 5.60. The van der Waals surface area contributed by atoms with E-state index in [1.54, 1.807) is 25.1 Å². The van der Waals surface area contributed by atoms with Crippen molar-refractivity contribution in [3.63, 3.8) is 0 Å². The molecule has 0 saturated heterocycles. The number of ether oxygens (including phenoxy) is 1. The van der Waals surface area contributed by atoms with E-state index in [2.05, 4.69) is 0 Å². The summed E-state index contributed by atoms with van der Waals surface area (Å²) in [6.07, 6.45) is 0. The zero-order valence-corrected chi connectivity index (χ0v) is 10.3. The topological polar surface area (TPSA) is 78.3 Å². The summed E-state index contributed by atoms with van der Waals surface area (Å²) in [5.74, 6) is -0.510. The van der Waals surface area contributed by atoms with Crippen LogP contribution in [-0.2, 0) is 0 Å². The molecule has 2 aromatic carbocycles. The van der Waals surface area contributed by atoms with E-state index >= 15 is 0 Å². The highest BCUT2D eigenvalue weighted by Gasteiger charge is 2.11. The normalized spacial score (nSPS) is 10.2. The van der Waals surface area contributed by atoms with Gasteiger partial charge in [0.1, 0.15) is 17.3 Å². The molecule has 4 nitrogen and oxygen atoms in total. The number of carbonyl (C=O) groups excluding carboxylic acids is 1. The highest BCUT2D eigenvalue weighted by atomic mass is 19.1. The number of carbonyl (C=O) groups is 1. The Kier molecular flexibility index (Phi) is 3.37. The van der Waals surface area contributed by atoms with E-state index < -0.39 is 5.91 Å². The SMILES string of the molecule is Cc1ccc(Oc2ccc(N)cc2C(N)=O)cc1F. The molecule has 0 aliphatic heterocycles. The molecule has 19 heavy (non-hydrogen) atoms. The average Bonchev–Trinajstić information content (AvgIpc) is 2.36. The third-order valence-electron chi connectivity index (χ3n) is 2.64. The van der Waals surface area contributed by atoms with Crippen LogP contribution >= 0.6 is 0 Å². The van der Waals surface area contributed by atoms with E-state index in [4.69, 9.17) is 16.2 Å². The van der Waals surface area contributed by atoms with Crippen molar-refractivity contribution in [1.82, 2.24) is 0 Å². The summed E-state index contributed by atoms with van der Waals surface area (Å²) in [5, 5.41) is 0. The van der Waals surface area contributed by atoms with Crippen LogP contribution in [0.15, 0.2) is 36.4 Å². The van der Waals surface area contributed by atoms with E-state index in [-0.39, 0.29) is 22.9 Å². The number of amides is 1. The molecule has 0 aromatic heterocycles. The smallest absolute Gasteiger partial charge is 0.252 e. The Balaban J connectivity index is 2.37. The maximum atomic E-state index is 13.4. The molecule has 4 N–H and O–H groups in total. The quantitative estimate of drug-likeness (QED) is 0.832. The van der Waals surface area contributed by atoms with Crippen LogP contribution in [0.1, 0.15) is 15.9 Å². The molecule has 2 rings (SSSR count). The zero-order valence-electron chi connectivity index (χ0n) is 10.3. The largest absolute Gasteiger partial charge is 0.456 e. The first kappa shape index (κ1) is 12.9. The molecule has 1 amide bonds. The fourth-order valence-electron chi connectivity index (χ4n) is 1.59. The molecule has 0 saturated carbocycles. The maximum absolute atomic E-state index is 13.4. The Morgan fingerprint density at radius 2 is 1.95 bits per heavy atom. The molecule has 0 aliphatic rings. The predicted molar refractivity (Wildman–Crippen MR) is 70.6 cm³/mol. The van der Waals surface area contributed by atoms with Crippen molar-refractivity contribution in [2.24, 2.45) is 5.73 Å². The van der Waals surface area contributed by atoms with Crippen molar-refractivity contribution < 1.29 is 13.9 Å². The summed E-state index contributed by atoms with van der Waals surface area (Å²) in [6.45, 7) is 1.65. The van der Waals surface area contributed by atoms with Crippen molar-refractivity contribution in [1.29, 1.82) is 0 Å². The van der Waals surface area contributed by atoms with Crippen LogP contribution in [-0.4, -0.2) is 5.91 Å². The Bertz CT molecular complexity index is 641. The summed E-state index contributed by atoms with van der Waals surface area (Å²) in [4.78, 5) is 11.3. The molecule has 0 heterocycles. The Labute approximate surface area is 109 Å². The number of nitrogen functional groups attached to an aromatic ring is 1. The van der Waals surface area contributed by atoms with Gasteiger partial charge in [-0.15, -0.1) is 0 Å². The number of nitrogens with two attached hydrogens (primary N) is 2. The van der Waals surface area contributed by atoms with Crippen molar-refractivity contribution in [3.8, 4) is 11.5 Å². The average molecular weight is 260 g/mol. The van der Waals surface area contributed by atoms with Gasteiger partial charge in [0.15, 0.2) is 0 Å². The molecule has 98 valence electrons. The van der Waals surface area contributed by atoms with Gasteiger partial charge in [-0.2, -0.15) is 0 Å². The fraction of sp³-hybridized carbons (Fsp3) is 0.0714. The van der Waals surface area contributed by atoms with Gasteiger partial charge in [0, 0.05) is 11.8 Å². The van der Waals surface area contributed by atoms with Crippen LogP contribution in [0.4, 0.5) is 10.1 Å². The van der Waals surface area contributed by atoms with E-state index in [0.717, 1.165) is 0 Å². The standard InChI is InChI=1S/C14H13FN2O2/c1-8-2-4-10(7-12(8)15)19-13-5-3-9(16)6-11(13)14(17)18/h2-7H,16H2,1H3,(H2,17,18). The number of hydrogen-bond donors (Lipinski definition) is 2. The highest BCUT2D eigenvalue weighted by molar-refractivity contribution is 5.96. The van der Waals surface area contributed by atoms with E-state index in [9.17, 15) is 9.18 Å². The Morgan fingerprint density at radius 1 is 1.21 bits per heavy atom. The van der Waals surface area contributed by atoms with Gasteiger partial charge < -0.3 is 16.2 Å². The minimum atomic E-state index is -0.658. The van der Waals surface area contributed by atoms with Gasteiger partial charge >= 0.3 is 0 Å². The van der Waals surface area contributed by atoms with E-state index in [1.165, 1.54) is 18.2 Å². The Hall–Kier alpha value is -2.56. The minimum absolute atomic E-state index is 0.154. The molecule has 0 radical (unpaired) electrons. The number of benzene rings is 2. The first-order valence-corrected chi connectivity index (χ1v) is 5.60. The summed E-state index contributed by atoms with van der Waals surface area (Å²) in [6, 6.07) is 8.96. The van der Waals surface area contributed by atoms with E-state index in [0.29, 0.717) is 11.3 Å². The van der Waals surface area contributed by atoms with Crippen LogP contribution in [0.3, 0.4) is 0 Å². The third-order valence-corrected chi connectivity index (χ3v) is 2.64. The van der Waals surface area contributed by atoms with Gasteiger partial charge in [0.25, 0.3) is 5.91 Å². The highest BCUT2D eigenvalue weighted by Crippen LogP contribution is 2.27. The molecular formula is C14H13FN2O2. The minimum Gasteiger partial charge on any atom is -0.456 e. The summed E-state index contributed by atoms with van der Waals surface area (Å²) >= 11 is 0. The van der Waals surface area contributed by atoms with Crippen molar-refractivity contribution in [3.05, 3.63) is 53.3 Å². The van der Waals surface area contributed by atoms with Gasteiger partial charge in [-0.3, -0.25) is 4.79 Å². The van der Waals surface area contributed by atoms with Crippen LogP contribution < -0.4 is 16.2 Å². The van der Waals surface area contributed by atoms with Gasteiger partial charge in [0.2, 0.25) is 0 Å². The van der Waals surface area contributed by atoms with Gasteiger partial charge in [-0.25, -0.2) is 4.39 Å². The molecule has 5 heteroatoms. The van der Waals surface area contributed by atoms with Crippen LogP contribution in [0.2, 0.25) is 0 Å². The number of primary amides is 1. The molecule has 0 atom stereocenters. The predicted octanol–water partition coefficient (Wildman–Crippen LogP) is 2.61. The molecular weight excluding hydrogens is 247 g/mol. The number of hydrogen-bond acceptors (Lipinski definition) is 3. The second kappa shape index (κ2) is 4.97.